The van der Waals surface area contributed by atoms with Crippen LogP contribution < -0.4 is 5.32 Å². The van der Waals surface area contributed by atoms with E-state index in [1.54, 1.807) is 0 Å². The number of carbonyl (C=O) groups is 1. The predicted octanol–water partition coefficient (Wildman–Crippen LogP) is 5.01. The first kappa shape index (κ1) is 29.9. The lowest BCUT2D eigenvalue weighted by atomic mass is 9.89. The maximum Gasteiger partial charge on any atom is 0.451 e. The number of sulfone groups is 1. The van der Waals surface area contributed by atoms with Gasteiger partial charge < -0.3 is 14.6 Å². The Hall–Kier alpha value is -4.54. The van der Waals surface area contributed by atoms with E-state index in [9.17, 15) is 35.2 Å². The Labute approximate surface area is 241 Å². The Morgan fingerprint density at radius 2 is 1.72 bits per heavy atom. The third-order valence-corrected chi connectivity index (χ3v) is 7.52. The van der Waals surface area contributed by atoms with Crippen LogP contribution in [-0.2, 0) is 16.0 Å². The van der Waals surface area contributed by atoms with Crippen LogP contribution in [0.5, 0.6) is 0 Å². The van der Waals surface area contributed by atoms with Gasteiger partial charge in [-0.1, -0.05) is 6.07 Å². The van der Waals surface area contributed by atoms with Gasteiger partial charge >= 0.3 is 12.2 Å². The number of hydrogen-bond donors (Lipinski definition) is 1. The number of nitrogens with one attached hydrogen (secondary N) is 1. The second kappa shape index (κ2) is 11.3. The van der Waals surface area contributed by atoms with E-state index in [1.165, 1.54) is 30.2 Å². The van der Waals surface area contributed by atoms with E-state index >= 15 is 0 Å². The zero-order valence-electron chi connectivity index (χ0n) is 22.5. The van der Waals surface area contributed by atoms with Crippen molar-refractivity contribution in [2.24, 2.45) is 0 Å². The highest BCUT2D eigenvalue weighted by atomic mass is 32.2. The summed E-state index contributed by atoms with van der Waals surface area (Å²) in [6, 6.07) is 3.66. The van der Waals surface area contributed by atoms with E-state index in [-0.39, 0.29) is 60.2 Å². The number of benzene rings is 1. The molecule has 11 nitrogen and oxygen atoms in total. The van der Waals surface area contributed by atoms with E-state index < -0.39 is 56.3 Å². The molecule has 0 unspecified atom stereocenters. The molecule has 4 aromatic rings. The van der Waals surface area contributed by atoms with E-state index in [0.717, 1.165) is 24.6 Å². The van der Waals surface area contributed by atoms with Gasteiger partial charge in [-0.05, 0) is 38.0 Å². The molecule has 0 saturated carbocycles. The van der Waals surface area contributed by atoms with Gasteiger partial charge in [0.25, 0.3) is 0 Å². The van der Waals surface area contributed by atoms with Crippen LogP contribution in [0.15, 0.2) is 46.2 Å². The number of carbonyl (C=O) groups excluding carboxylic acids is 1. The number of anilines is 1. The van der Waals surface area contributed by atoms with Crippen LogP contribution in [0.1, 0.15) is 36.0 Å². The van der Waals surface area contributed by atoms with Crippen molar-refractivity contribution < 1.29 is 39.6 Å². The molecule has 1 aliphatic heterocycles. The zero-order chi connectivity index (χ0) is 31.1. The van der Waals surface area contributed by atoms with Crippen molar-refractivity contribution in [2.75, 3.05) is 24.7 Å². The Balaban J connectivity index is 1.44. The van der Waals surface area contributed by atoms with Gasteiger partial charge in [0.1, 0.15) is 23.0 Å². The number of amides is 2. The van der Waals surface area contributed by atoms with Gasteiger partial charge in [-0.25, -0.2) is 46.9 Å². The van der Waals surface area contributed by atoms with Gasteiger partial charge in [0.05, 0.1) is 23.1 Å². The number of hydrogen-bond acceptors (Lipinski definition) is 9. The summed E-state index contributed by atoms with van der Waals surface area (Å²) in [4.78, 5) is 33.3. The topological polar surface area (TPSA) is 144 Å². The van der Waals surface area contributed by atoms with Gasteiger partial charge in [0.15, 0.2) is 5.76 Å². The molecule has 1 N–H and O–H groups in total. The number of alkyl halides is 3. The van der Waals surface area contributed by atoms with Crippen molar-refractivity contribution in [1.29, 1.82) is 0 Å². The van der Waals surface area contributed by atoms with Crippen molar-refractivity contribution in [3.8, 4) is 22.9 Å². The van der Waals surface area contributed by atoms with Crippen LogP contribution in [0, 0.1) is 18.6 Å². The van der Waals surface area contributed by atoms with Gasteiger partial charge in [-0.15, -0.1) is 0 Å². The number of rotatable bonds is 5. The number of halogens is 5. The second-order valence-corrected chi connectivity index (χ2v) is 11.6. The highest BCUT2D eigenvalue weighted by Crippen LogP contribution is 2.38. The van der Waals surface area contributed by atoms with Crippen LogP contribution in [0.25, 0.3) is 22.9 Å². The number of likely N-dealkylation sites (tertiary alicyclic amines) is 1. The summed E-state index contributed by atoms with van der Waals surface area (Å²) >= 11 is 0. The normalized spacial score (nSPS) is 14.6. The van der Waals surface area contributed by atoms with Crippen LogP contribution in [0.4, 0.5) is 32.4 Å². The third-order valence-electron chi connectivity index (χ3n) is 6.67. The molecule has 0 atom stereocenters. The highest BCUT2D eigenvalue weighted by Gasteiger charge is 2.35. The molecule has 17 heteroatoms. The third kappa shape index (κ3) is 6.30. The molecule has 1 saturated heterocycles. The lowest BCUT2D eigenvalue weighted by Gasteiger charge is -2.32. The van der Waals surface area contributed by atoms with Crippen LogP contribution in [0.2, 0.25) is 0 Å². The molecule has 1 fully saturated rings. The standard InChI is InChI=1S/C26H22F5N7O4S/c1-13-19(18-12-33-22(42-18)17-6-9-32-23(35-17)26(29,30)31)20(36-24(34-13)43(2,40)41)14-7-10-38(11-8-14)25(39)37-21-15(27)4-3-5-16(21)28/h3-6,9,12,14H,7-8,10-11H2,1-2H3,(H,37,39). The zero-order valence-corrected chi connectivity index (χ0v) is 23.3. The maximum atomic E-state index is 14.0. The van der Waals surface area contributed by atoms with Gasteiger partial charge in [0.2, 0.25) is 26.7 Å². The first-order chi connectivity index (χ1) is 20.2. The van der Waals surface area contributed by atoms with Crippen molar-refractivity contribution in [2.45, 2.75) is 37.0 Å². The molecule has 4 heterocycles. The second-order valence-electron chi connectivity index (χ2n) is 9.71. The number of urea groups is 1. The maximum absolute atomic E-state index is 14.0. The minimum absolute atomic E-state index is 0.0601. The number of aromatic nitrogens is 5. The molecule has 0 bridgehead atoms. The Morgan fingerprint density at radius 1 is 1.05 bits per heavy atom. The summed E-state index contributed by atoms with van der Waals surface area (Å²) in [6.45, 7) is 1.79. The van der Waals surface area contributed by atoms with Crippen molar-refractivity contribution in [3.63, 3.8) is 0 Å². The lowest BCUT2D eigenvalue weighted by Crippen LogP contribution is -2.41. The minimum Gasteiger partial charge on any atom is -0.435 e. The van der Waals surface area contributed by atoms with E-state index in [2.05, 4.69) is 30.2 Å². The van der Waals surface area contributed by atoms with Gasteiger partial charge in [-0.2, -0.15) is 13.2 Å². The summed E-state index contributed by atoms with van der Waals surface area (Å²) in [7, 11) is -3.85. The summed E-state index contributed by atoms with van der Waals surface area (Å²) in [6.07, 6.45) is -1.13. The SMILES string of the molecule is Cc1nc(S(C)(=O)=O)nc(C2CCN(C(=O)Nc3c(F)cccc3F)CC2)c1-c1cnc(-c2ccnc(C(F)(F)F)n2)o1. The quantitative estimate of drug-likeness (QED) is 0.240. The summed E-state index contributed by atoms with van der Waals surface area (Å²) < 4.78 is 97.8. The minimum atomic E-state index is -4.79. The predicted molar refractivity (Wildman–Crippen MR) is 140 cm³/mol. The van der Waals surface area contributed by atoms with Crippen molar-refractivity contribution >= 4 is 21.6 Å². The van der Waals surface area contributed by atoms with E-state index in [1.807, 2.05) is 0 Å². The molecule has 43 heavy (non-hydrogen) atoms. The van der Waals surface area contributed by atoms with Crippen LogP contribution in [-0.4, -0.2) is 63.6 Å². The van der Waals surface area contributed by atoms with E-state index in [4.69, 9.17) is 4.42 Å². The molecule has 226 valence electrons. The van der Waals surface area contributed by atoms with Crippen molar-refractivity contribution in [3.05, 3.63) is 65.5 Å². The van der Waals surface area contributed by atoms with E-state index in [0.29, 0.717) is 0 Å². The highest BCUT2D eigenvalue weighted by molar-refractivity contribution is 7.90. The molecular weight excluding hydrogens is 601 g/mol. The van der Waals surface area contributed by atoms with Gasteiger partial charge in [-0.3, -0.25) is 0 Å². The monoisotopic (exact) mass is 623 g/mol. The molecule has 0 spiro atoms. The average molecular weight is 624 g/mol. The molecule has 0 aliphatic carbocycles. The van der Waals surface area contributed by atoms with Crippen LogP contribution in [0.3, 0.4) is 0 Å². The fourth-order valence-corrected chi connectivity index (χ4v) is 5.18. The summed E-state index contributed by atoms with van der Waals surface area (Å²) in [5, 5.41) is 1.80. The number of para-hydroxylation sites is 1. The number of aryl methyl sites for hydroxylation is 1. The van der Waals surface area contributed by atoms with Gasteiger partial charge in [0, 0.05) is 31.5 Å². The smallest absolute Gasteiger partial charge is 0.435 e. The average Bonchev–Trinajstić information content (AvgIpc) is 3.44. The lowest BCUT2D eigenvalue weighted by molar-refractivity contribution is -0.144. The Kier molecular flexibility index (Phi) is 7.85. The fraction of sp³-hybridized carbons (Fsp3) is 0.308. The molecule has 1 aromatic carbocycles. The Bertz CT molecular complexity index is 1790. The van der Waals surface area contributed by atoms with Crippen LogP contribution >= 0.6 is 0 Å². The summed E-state index contributed by atoms with van der Waals surface area (Å²) in [5.74, 6) is -3.84. The molecule has 2 amide bonds. The molecular formula is C26H22F5N7O4S. The first-order valence-electron chi connectivity index (χ1n) is 12.7. The number of nitrogens with zero attached hydrogens (tertiary/aromatic N) is 6. The van der Waals surface area contributed by atoms with Crippen molar-refractivity contribution in [1.82, 2.24) is 29.8 Å². The summed E-state index contributed by atoms with van der Waals surface area (Å²) in [5.41, 5.74) is -0.0376. The molecule has 3 aromatic heterocycles. The molecule has 1 aliphatic rings. The Morgan fingerprint density at radius 3 is 2.35 bits per heavy atom. The fourth-order valence-electron chi connectivity index (χ4n) is 4.62. The molecule has 0 radical (unpaired) electrons. The first-order valence-corrected chi connectivity index (χ1v) is 14.6. The molecule has 5 rings (SSSR count). The largest absolute Gasteiger partial charge is 0.451 e. The number of piperidine rings is 1. The number of oxazole rings is 1.